The molecule has 0 aliphatic rings. The molecule has 0 saturated carbocycles. The zero-order valence-corrected chi connectivity index (χ0v) is 16.1. The van der Waals surface area contributed by atoms with Crippen molar-refractivity contribution in [2.24, 2.45) is 0 Å². The summed E-state index contributed by atoms with van der Waals surface area (Å²) in [6.45, 7) is 3.42. The Bertz CT molecular complexity index is 893. The Balaban J connectivity index is 1.75. The Hall–Kier alpha value is -1.63. The highest BCUT2D eigenvalue weighted by Crippen LogP contribution is 2.29. The molecule has 3 aromatic rings. The molecule has 0 radical (unpaired) electrons. The minimum atomic E-state index is -1.05. The Kier molecular flexibility index (Phi) is 4.80. The van der Waals surface area contributed by atoms with Crippen LogP contribution in [0.15, 0.2) is 46.9 Å². The SMILES string of the molecule is CC(C)(Oc1ccc(Cl)cc1)C(=O)Nc1nc2ccc(Br)cc2s1. The van der Waals surface area contributed by atoms with Crippen molar-refractivity contribution in [3.8, 4) is 5.75 Å². The molecule has 7 heteroatoms. The van der Waals surface area contributed by atoms with Crippen molar-refractivity contribution >= 4 is 60.1 Å². The molecule has 0 saturated heterocycles. The van der Waals surface area contributed by atoms with E-state index in [4.69, 9.17) is 16.3 Å². The lowest BCUT2D eigenvalue weighted by Gasteiger charge is -2.24. The lowest BCUT2D eigenvalue weighted by Crippen LogP contribution is -2.42. The highest BCUT2D eigenvalue weighted by atomic mass is 79.9. The lowest BCUT2D eigenvalue weighted by atomic mass is 10.1. The third kappa shape index (κ3) is 3.88. The van der Waals surface area contributed by atoms with Crippen LogP contribution in [-0.2, 0) is 4.79 Å². The minimum absolute atomic E-state index is 0.268. The van der Waals surface area contributed by atoms with Crippen LogP contribution in [0.4, 0.5) is 5.13 Å². The van der Waals surface area contributed by atoms with E-state index in [1.807, 2.05) is 18.2 Å². The van der Waals surface area contributed by atoms with Crippen LogP contribution >= 0.6 is 38.9 Å². The molecule has 1 amide bonds. The number of hydrogen-bond donors (Lipinski definition) is 1. The molecule has 124 valence electrons. The number of halogens is 2. The molecule has 1 N–H and O–H groups in total. The number of carbonyl (C=O) groups excluding carboxylic acids is 1. The van der Waals surface area contributed by atoms with Crippen LogP contribution in [0.1, 0.15) is 13.8 Å². The molecule has 1 aromatic heterocycles. The van der Waals surface area contributed by atoms with Crippen LogP contribution in [0.5, 0.6) is 5.75 Å². The number of benzene rings is 2. The van der Waals surface area contributed by atoms with Crippen molar-refractivity contribution in [2.75, 3.05) is 5.32 Å². The number of nitrogens with zero attached hydrogens (tertiary/aromatic N) is 1. The summed E-state index contributed by atoms with van der Waals surface area (Å²) in [6, 6.07) is 12.7. The lowest BCUT2D eigenvalue weighted by molar-refractivity contribution is -0.128. The van der Waals surface area contributed by atoms with Gasteiger partial charge in [0.15, 0.2) is 10.7 Å². The van der Waals surface area contributed by atoms with Gasteiger partial charge in [-0.3, -0.25) is 10.1 Å². The van der Waals surface area contributed by atoms with Gasteiger partial charge in [-0.1, -0.05) is 38.9 Å². The summed E-state index contributed by atoms with van der Waals surface area (Å²) in [4.78, 5) is 17.0. The van der Waals surface area contributed by atoms with Crippen molar-refractivity contribution in [3.05, 3.63) is 52.0 Å². The number of thiazole rings is 1. The summed E-state index contributed by atoms with van der Waals surface area (Å²) in [6.07, 6.45) is 0. The summed E-state index contributed by atoms with van der Waals surface area (Å²) in [5.74, 6) is 0.309. The Morgan fingerprint density at radius 2 is 1.96 bits per heavy atom. The van der Waals surface area contributed by atoms with E-state index in [1.165, 1.54) is 11.3 Å². The van der Waals surface area contributed by atoms with E-state index in [0.717, 1.165) is 14.7 Å². The van der Waals surface area contributed by atoms with Crippen LogP contribution < -0.4 is 10.1 Å². The van der Waals surface area contributed by atoms with Gasteiger partial charge < -0.3 is 4.74 Å². The molecule has 0 aliphatic carbocycles. The van der Waals surface area contributed by atoms with Gasteiger partial charge in [0.05, 0.1) is 10.2 Å². The molecule has 0 unspecified atom stereocenters. The van der Waals surface area contributed by atoms with Gasteiger partial charge in [0.2, 0.25) is 0 Å². The maximum atomic E-state index is 12.5. The van der Waals surface area contributed by atoms with Crippen molar-refractivity contribution in [3.63, 3.8) is 0 Å². The molecule has 0 atom stereocenters. The molecular weight excluding hydrogens is 412 g/mol. The number of rotatable bonds is 4. The van der Waals surface area contributed by atoms with Crippen molar-refractivity contribution in [1.82, 2.24) is 4.98 Å². The number of aromatic nitrogens is 1. The number of carbonyl (C=O) groups is 1. The van der Waals surface area contributed by atoms with Crippen molar-refractivity contribution in [1.29, 1.82) is 0 Å². The van der Waals surface area contributed by atoms with Gasteiger partial charge in [-0.25, -0.2) is 4.98 Å². The second-order valence-corrected chi connectivity index (χ2v) is 8.03. The summed E-state index contributed by atoms with van der Waals surface area (Å²) in [5, 5.41) is 3.98. The van der Waals surface area contributed by atoms with Gasteiger partial charge in [-0.05, 0) is 56.3 Å². The summed E-state index contributed by atoms with van der Waals surface area (Å²) in [7, 11) is 0. The first-order valence-corrected chi connectivity index (χ1v) is 9.14. The second-order valence-electron chi connectivity index (χ2n) is 5.65. The largest absolute Gasteiger partial charge is 0.478 e. The molecule has 4 nitrogen and oxygen atoms in total. The maximum absolute atomic E-state index is 12.5. The van der Waals surface area contributed by atoms with Crippen LogP contribution in [0.3, 0.4) is 0 Å². The average molecular weight is 426 g/mol. The second kappa shape index (κ2) is 6.70. The third-order valence-corrected chi connectivity index (χ3v) is 4.98. The smallest absolute Gasteiger partial charge is 0.269 e. The van der Waals surface area contributed by atoms with E-state index in [2.05, 4.69) is 26.2 Å². The molecule has 0 fully saturated rings. The molecule has 3 rings (SSSR count). The van der Waals surface area contributed by atoms with Gasteiger partial charge in [0.25, 0.3) is 5.91 Å². The first kappa shape index (κ1) is 17.2. The standard InChI is InChI=1S/C17H14BrClN2O2S/c1-17(2,23-12-6-4-11(19)5-7-12)15(22)21-16-20-13-8-3-10(18)9-14(13)24-16/h3-9H,1-2H3,(H,20,21,22). The van der Waals surface area contributed by atoms with Gasteiger partial charge in [0.1, 0.15) is 5.75 Å². The fourth-order valence-electron chi connectivity index (χ4n) is 2.04. The fraction of sp³-hybridized carbons (Fsp3) is 0.176. The average Bonchev–Trinajstić information content (AvgIpc) is 2.90. The highest BCUT2D eigenvalue weighted by molar-refractivity contribution is 9.10. The molecule has 0 spiro atoms. The number of ether oxygens (including phenoxy) is 1. The zero-order chi connectivity index (χ0) is 17.3. The number of hydrogen-bond acceptors (Lipinski definition) is 4. The van der Waals surface area contributed by atoms with Crippen molar-refractivity contribution in [2.45, 2.75) is 19.4 Å². The summed E-state index contributed by atoms with van der Waals surface area (Å²) >= 11 is 10.7. The molecule has 0 aliphatic heterocycles. The first-order valence-electron chi connectivity index (χ1n) is 7.16. The van der Waals surface area contributed by atoms with E-state index in [1.54, 1.807) is 38.1 Å². The topological polar surface area (TPSA) is 51.2 Å². The monoisotopic (exact) mass is 424 g/mol. The molecule has 24 heavy (non-hydrogen) atoms. The molecular formula is C17H14BrClN2O2S. The normalized spacial score (nSPS) is 11.5. The van der Waals surface area contributed by atoms with Crippen LogP contribution in [0, 0.1) is 0 Å². The van der Waals surface area contributed by atoms with E-state index in [-0.39, 0.29) is 5.91 Å². The Morgan fingerprint density at radius 3 is 2.67 bits per heavy atom. The molecule has 1 heterocycles. The van der Waals surface area contributed by atoms with Crippen LogP contribution in [0.2, 0.25) is 5.02 Å². The van der Waals surface area contributed by atoms with Gasteiger partial charge in [0, 0.05) is 9.50 Å². The molecule has 2 aromatic carbocycles. The van der Waals surface area contributed by atoms with Crippen LogP contribution in [0.25, 0.3) is 10.2 Å². The van der Waals surface area contributed by atoms with Gasteiger partial charge in [-0.2, -0.15) is 0 Å². The number of amides is 1. The number of fused-ring (bicyclic) bond motifs is 1. The predicted octanol–water partition coefficient (Wildman–Crippen LogP) is 5.51. The summed E-state index contributed by atoms with van der Waals surface area (Å²) in [5.41, 5.74) is -0.207. The first-order chi connectivity index (χ1) is 11.3. The maximum Gasteiger partial charge on any atom is 0.269 e. The third-order valence-electron chi connectivity index (χ3n) is 3.30. The Labute approximate surface area is 156 Å². The quantitative estimate of drug-likeness (QED) is 0.600. The fourth-order valence-corrected chi connectivity index (χ4v) is 3.58. The summed E-state index contributed by atoms with van der Waals surface area (Å²) < 4.78 is 7.75. The van der Waals surface area contributed by atoms with Crippen molar-refractivity contribution < 1.29 is 9.53 Å². The van der Waals surface area contributed by atoms with Gasteiger partial charge in [-0.15, -0.1) is 0 Å². The Morgan fingerprint density at radius 1 is 1.25 bits per heavy atom. The highest BCUT2D eigenvalue weighted by Gasteiger charge is 2.30. The minimum Gasteiger partial charge on any atom is -0.478 e. The van der Waals surface area contributed by atoms with E-state index < -0.39 is 5.60 Å². The van der Waals surface area contributed by atoms with E-state index in [0.29, 0.717) is 15.9 Å². The van der Waals surface area contributed by atoms with E-state index in [9.17, 15) is 4.79 Å². The predicted molar refractivity (Wildman–Crippen MR) is 102 cm³/mol. The zero-order valence-electron chi connectivity index (χ0n) is 13.0. The van der Waals surface area contributed by atoms with Gasteiger partial charge >= 0.3 is 0 Å². The number of nitrogens with one attached hydrogen (secondary N) is 1. The van der Waals surface area contributed by atoms with Crippen LogP contribution in [-0.4, -0.2) is 16.5 Å². The van der Waals surface area contributed by atoms with E-state index >= 15 is 0 Å². The molecule has 0 bridgehead atoms. The number of anilines is 1.